The lowest BCUT2D eigenvalue weighted by Gasteiger charge is -2.35. The largest absolute Gasteiger partial charge is 0.497 e. The summed E-state index contributed by atoms with van der Waals surface area (Å²) in [6.07, 6.45) is 7.01. The molecule has 17 heteroatoms. The van der Waals surface area contributed by atoms with Crippen molar-refractivity contribution >= 4 is 44.4 Å². The summed E-state index contributed by atoms with van der Waals surface area (Å²) in [6, 6.07) is 9.64. The molecule has 3 fully saturated rings. The highest BCUT2D eigenvalue weighted by Gasteiger charge is 2.63. The predicted octanol–water partition coefficient (Wildman–Crippen LogP) is 8.79. The van der Waals surface area contributed by atoms with E-state index in [4.69, 9.17) is 23.9 Å². The van der Waals surface area contributed by atoms with Crippen molar-refractivity contribution in [3.8, 4) is 28.8 Å². The molecule has 1 N–H and O–H groups in total. The number of amides is 2. The van der Waals surface area contributed by atoms with Crippen LogP contribution in [0.15, 0.2) is 54.7 Å². The van der Waals surface area contributed by atoms with Gasteiger partial charge in [-0.2, -0.15) is 0 Å². The minimum atomic E-state index is -4.05. The number of ketones is 1. The number of carbonyl (C=O) groups is 4. The van der Waals surface area contributed by atoms with E-state index < -0.39 is 91.6 Å². The molecule has 3 aromatic rings. The van der Waals surface area contributed by atoms with Crippen LogP contribution in [0.5, 0.6) is 17.4 Å². The quantitative estimate of drug-likeness (QED) is 0.120. The Kier molecular flexibility index (Phi) is 14.4. The Balaban J connectivity index is 1.28. The molecule has 14 nitrogen and oxygen atoms in total. The molecular formula is C51H66F2N4O10S. The summed E-state index contributed by atoms with van der Waals surface area (Å²) >= 11 is 0. The number of hydrogen-bond acceptors (Lipinski definition) is 12. The van der Waals surface area contributed by atoms with E-state index in [9.17, 15) is 26.8 Å². The number of aromatic nitrogens is 2. The van der Waals surface area contributed by atoms with Gasteiger partial charge < -0.3 is 23.8 Å². The summed E-state index contributed by atoms with van der Waals surface area (Å²) < 4.78 is 80.9. The number of nitrogens with one attached hydrogen (secondary N) is 1. The van der Waals surface area contributed by atoms with Crippen LogP contribution in [0.25, 0.3) is 22.2 Å². The van der Waals surface area contributed by atoms with E-state index in [1.807, 2.05) is 52.0 Å². The Bertz CT molecular complexity index is 2540. The van der Waals surface area contributed by atoms with Gasteiger partial charge in [-0.05, 0) is 133 Å². The lowest BCUT2D eigenvalue weighted by molar-refractivity contribution is -0.197. The van der Waals surface area contributed by atoms with Crippen molar-refractivity contribution in [2.24, 2.45) is 29.1 Å². The fourth-order valence-corrected chi connectivity index (χ4v) is 10.9. The molecule has 7 atom stereocenters. The van der Waals surface area contributed by atoms with E-state index in [1.165, 1.54) is 4.90 Å². The number of nitrogens with zero attached hydrogens (tertiary/aromatic N) is 3. The lowest BCUT2D eigenvalue weighted by atomic mass is 9.79. The van der Waals surface area contributed by atoms with Gasteiger partial charge in [-0.15, -0.1) is 0 Å². The highest BCUT2D eigenvalue weighted by molar-refractivity contribution is 7.91. The van der Waals surface area contributed by atoms with Gasteiger partial charge in [0.15, 0.2) is 11.4 Å². The molecule has 0 spiro atoms. The Morgan fingerprint density at radius 1 is 1.03 bits per heavy atom. The van der Waals surface area contributed by atoms with Crippen LogP contribution in [0.3, 0.4) is 0 Å². The van der Waals surface area contributed by atoms with Crippen LogP contribution in [0.4, 0.5) is 8.78 Å². The van der Waals surface area contributed by atoms with Crippen LogP contribution in [-0.2, 0) is 33.9 Å². The van der Waals surface area contributed by atoms with Crippen LogP contribution < -0.4 is 18.9 Å². The number of benzene rings is 1. The third-order valence-corrected chi connectivity index (χ3v) is 16.8. The van der Waals surface area contributed by atoms with Gasteiger partial charge in [0.1, 0.15) is 17.6 Å². The van der Waals surface area contributed by atoms with Crippen LogP contribution in [0, 0.1) is 29.1 Å². The van der Waals surface area contributed by atoms with Gasteiger partial charge in [-0.3, -0.25) is 28.9 Å². The molecule has 4 aliphatic rings. The standard InChI is InChI=1S/C51H66F2N4O10S/c1-10-32-21-31(4)13-11-12-14-34-26-51(34,47(61)56-68(62,63)49(7)19-20-49)27-43(58)42-24-37(29-57(42)46(60)39(32)25-44(59)67-48(5,6)50(8,52)53)66-45-38-17-15-35(64-9)22-33(38)23-41(55-45)40-18-16-36(28-54-40)65-30(2)3/h12,14-18,22-23,28,30-32,34,37,39,42H,10-11,13,19-21,24-27,29H2,1-9H3,(H,56,61)/b14-12-/t31-,32-,34-,37-,39+,42+,51-/m1/s1. The van der Waals surface area contributed by atoms with Crippen molar-refractivity contribution in [1.82, 2.24) is 19.6 Å². The van der Waals surface area contributed by atoms with Crippen LogP contribution in [0.2, 0.25) is 0 Å². The zero-order chi connectivity index (χ0) is 49.6. The fourth-order valence-electron chi connectivity index (χ4n) is 9.52. The number of hydrogen-bond donors (Lipinski definition) is 1. The van der Waals surface area contributed by atoms with Crippen LogP contribution >= 0.6 is 0 Å². The SMILES string of the molecule is CC[C@@H]1C[C@H](C)CC/C=C\[C@@H]2C[C@@]2(C(=O)NS(=O)(=O)C2(C)CC2)CC(=O)[C@@H]2C[C@@H](Oc3nc(-c4ccc(OC(C)C)cn4)cc4cc(OC)ccc34)CN2C(=O)[C@H]1CC(=O)OC(C)(C)C(C)(F)F. The molecular weight excluding hydrogens is 899 g/mol. The van der Waals surface area contributed by atoms with Crippen molar-refractivity contribution in [1.29, 1.82) is 0 Å². The number of ether oxygens (including phenoxy) is 4. The lowest BCUT2D eigenvalue weighted by Crippen LogP contribution is -2.49. The second kappa shape index (κ2) is 19.3. The van der Waals surface area contributed by atoms with E-state index in [1.54, 1.807) is 44.5 Å². The summed E-state index contributed by atoms with van der Waals surface area (Å²) in [4.78, 5) is 69.3. The summed E-state index contributed by atoms with van der Waals surface area (Å²) in [5, 5.41) is 1.32. The molecule has 0 radical (unpaired) electrons. The van der Waals surface area contributed by atoms with Crippen molar-refractivity contribution in [2.75, 3.05) is 13.7 Å². The summed E-state index contributed by atoms with van der Waals surface area (Å²) in [6.45, 7) is 12.2. The van der Waals surface area contributed by atoms with Crippen molar-refractivity contribution < 1.29 is 55.3 Å². The number of esters is 1. The molecule has 2 saturated carbocycles. The minimum absolute atomic E-state index is 0.0261. The second-order valence-corrected chi connectivity index (χ2v) is 22.8. The van der Waals surface area contributed by atoms with Gasteiger partial charge in [0.2, 0.25) is 27.7 Å². The number of Topliss-reactive ketones (excluding diaryl/α,β-unsaturated/α-hetero) is 1. The van der Waals surface area contributed by atoms with Gasteiger partial charge in [0.05, 0.1) is 65.9 Å². The van der Waals surface area contributed by atoms with Crippen LogP contribution in [-0.4, -0.2) is 95.0 Å². The molecule has 2 amide bonds. The monoisotopic (exact) mass is 964 g/mol. The zero-order valence-electron chi connectivity index (χ0n) is 40.6. The average molecular weight is 965 g/mol. The molecule has 2 aliphatic carbocycles. The number of carbonyl (C=O) groups excluding carboxylic acids is 4. The van der Waals surface area contributed by atoms with Gasteiger partial charge in [-0.25, -0.2) is 22.2 Å². The number of pyridine rings is 2. The average Bonchev–Trinajstić information content (AvgIpc) is 4.15. The first-order valence-electron chi connectivity index (χ1n) is 23.8. The molecule has 2 aromatic heterocycles. The summed E-state index contributed by atoms with van der Waals surface area (Å²) in [7, 11) is -2.49. The Labute approximate surface area is 398 Å². The Hall–Kier alpha value is -5.19. The van der Waals surface area contributed by atoms with Gasteiger partial charge in [0, 0.05) is 25.2 Å². The van der Waals surface area contributed by atoms with Crippen molar-refractivity contribution in [3.05, 3.63) is 54.7 Å². The molecule has 370 valence electrons. The highest BCUT2D eigenvalue weighted by Crippen LogP contribution is 2.58. The van der Waals surface area contributed by atoms with Gasteiger partial charge >= 0.3 is 5.97 Å². The molecule has 1 aromatic carbocycles. The summed E-state index contributed by atoms with van der Waals surface area (Å²) in [5.41, 5.74) is -2.57. The van der Waals surface area contributed by atoms with E-state index in [0.29, 0.717) is 79.1 Å². The van der Waals surface area contributed by atoms with Crippen molar-refractivity contribution in [3.63, 3.8) is 0 Å². The maximum atomic E-state index is 15.4. The second-order valence-electron chi connectivity index (χ2n) is 20.6. The molecule has 2 aliphatic heterocycles. The summed E-state index contributed by atoms with van der Waals surface area (Å²) in [5.74, 6) is -6.61. The molecule has 4 heterocycles. The maximum Gasteiger partial charge on any atom is 0.307 e. The molecule has 1 saturated heterocycles. The molecule has 0 bridgehead atoms. The minimum Gasteiger partial charge on any atom is -0.497 e. The molecule has 0 unspecified atom stereocenters. The van der Waals surface area contributed by atoms with Crippen LogP contribution in [0.1, 0.15) is 120 Å². The topological polar surface area (TPSA) is 180 Å². The molecule has 7 rings (SSSR count). The van der Waals surface area contributed by atoms with E-state index in [-0.39, 0.29) is 43.7 Å². The first-order valence-corrected chi connectivity index (χ1v) is 25.3. The van der Waals surface area contributed by atoms with Gasteiger partial charge in [-0.1, -0.05) is 32.4 Å². The number of sulfonamides is 1. The van der Waals surface area contributed by atoms with Gasteiger partial charge in [0.25, 0.3) is 5.92 Å². The van der Waals surface area contributed by atoms with E-state index in [2.05, 4.69) is 9.71 Å². The smallest absolute Gasteiger partial charge is 0.307 e. The number of methoxy groups -OCH3 is 1. The number of alkyl halides is 2. The highest BCUT2D eigenvalue weighted by atomic mass is 32.2. The zero-order valence-corrected chi connectivity index (χ0v) is 41.4. The van der Waals surface area contributed by atoms with Crippen molar-refractivity contribution in [2.45, 2.75) is 154 Å². The first-order chi connectivity index (χ1) is 31.9. The molecule has 68 heavy (non-hydrogen) atoms. The maximum absolute atomic E-state index is 15.4. The van der Waals surface area contributed by atoms with E-state index >= 15 is 9.59 Å². The number of allylic oxidation sites excluding steroid dienone is 2. The first kappa shape index (κ1) is 50.7. The number of fused-ring (bicyclic) bond motifs is 3. The fraction of sp³-hybridized carbons (Fsp3) is 0.608. The van der Waals surface area contributed by atoms with E-state index in [0.717, 1.165) is 13.8 Å². The number of rotatable bonds is 14. The Morgan fingerprint density at radius 3 is 2.38 bits per heavy atom. The third-order valence-electron chi connectivity index (χ3n) is 14.6. The Morgan fingerprint density at radius 2 is 1.75 bits per heavy atom. The number of halogens is 2. The third kappa shape index (κ3) is 10.8. The normalized spacial score (nSPS) is 27.0. The predicted molar refractivity (Wildman–Crippen MR) is 252 cm³/mol.